The normalized spacial score (nSPS) is 13.3. The van der Waals surface area contributed by atoms with Crippen molar-refractivity contribution >= 4 is 17.8 Å². The molecular weight excluding hydrogens is 498 g/mol. The van der Waals surface area contributed by atoms with Crippen LogP contribution in [0, 0.1) is 0 Å². The van der Waals surface area contributed by atoms with Crippen LogP contribution in [0.5, 0.6) is 0 Å². The molecule has 0 aliphatic heterocycles. The molecular formula is C30H61N3O6. The summed E-state index contributed by atoms with van der Waals surface area (Å²) in [6.07, 6.45) is 19.7. The number of carbonyl (C=O) groups is 3. The Kier molecular flexibility index (Phi) is 30.9. The largest absolute Gasteiger partial charge is 0.480 e. The average Bonchev–Trinajstić information content (AvgIpc) is 2.85. The third-order valence-electron chi connectivity index (χ3n) is 6.36. The Morgan fingerprint density at radius 2 is 1.31 bits per heavy atom. The lowest BCUT2D eigenvalue weighted by Crippen LogP contribution is -2.35. The molecule has 0 aromatic heterocycles. The van der Waals surface area contributed by atoms with Gasteiger partial charge >= 0.3 is 11.9 Å². The minimum absolute atomic E-state index is 0.160. The second-order valence-electron chi connectivity index (χ2n) is 10.6. The molecule has 0 spiro atoms. The highest BCUT2D eigenvalue weighted by Gasteiger charge is 2.17. The third kappa shape index (κ3) is 32.1. The second-order valence-corrected chi connectivity index (χ2v) is 10.6. The van der Waals surface area contributed by atoms with Gasteiger partial charge in [0.1, 0.15) is 12.1 Å². The highest BCUT2D eigenvalue weighted by Crippen LogP contribution is 2.10. The van der Waals surface area contributed by atoms with Crippen molar-refractivity contribution in [2.45, 2.75) is 135 Å². The number of amides is 1. The molecule has 0 bridgehead atoms. The van der Waals surface area contributed by atoms with E-state index in [1.807, 2.05) is 6.92 Å². The van der Waals surface area contributed by atoms with Crippen LogP contribution < -0.4 is 5.73 Å². The van der Waals surface area contributed by atoms with E-state index in [0.29, 0.717) is 6.42 Å². The van der Waals surface area contributed by atoms with Crippen LogP contribution in [0.1, 0.15) is 117 Å². The van der Waals surface area contributed by atoms with Crippen molar-refractivity contribution in [3.05, 3.63) is 12.2 Å². The summed E-state index contributed by atoms with van der Waals surface area (Å²) in [5.41, 5.74) is 5.09. The maximum atomic E-state index is 10.6. The molecule has 0 radical (unpaired) electrons. The number of allylic oxidation sites excluding steroid dienone is 1. The van der Waals surface area contributed by atoms with Crippen molar-refractivity contribution < 1.29 is 29.7 Å². The molecule has 232 valence electrons. The number of nitrogens with two attached hydrogens (primary N) is 1. The molecule has 0 aromatic carbocycles. The van der Waals surface area contributed by atoms with E-state index >= 15 is 0 Å². The molecule has 3 unspecified atom stereocenters. The van der Waals surface area contributed by atoms with E-state index in [-0.39, 0.29) is 24.1 Å². The number of likely N-dealkylation sites (N-methyl/N-ethyl adjacent to an activating group) is 2. The van der Waals surface area contributed by atoms with Gasteiger partial charge in [-0.05, 0) is 73.6 Å². The highest BCUT2D eigenvalue weighted by molar-refractivity contribution is 5.73. The first-order chi connectivity index (χ1) is 18.3. The molecule has 3 atom stereocenters. The number of carbonyl (C=O) groups excluding carboxylic acids is 1. The summed E-state index contributed by atoms with van der Waals surface area (Å²) in [4.78, 5) is 34.5. The van der Waals surface area contributed by atoms with E-state index < -0.39 is 11.9 Å². The summed E-state index contributed by atoms with van der Waals surface area (Å²) in [6, 6.07) is -0.694. The van der Waals surface area contributed by atoms with E-state index in [0.717, 1.165) is 51.4 Å². The number of aliphatic hydroxyl groups is 1. The zero-order valence-corrected chi connectivity index (χ0v) is 26.0. The lowest BCUT2D eigenvalue weighted by Gasteiger charge is -2.18. The zero-order valence-electron chi connectivity index (χ0n) is 26.0. The topological polar surface area (TPSA) is 144 Å². The number of nitrogens with zero attached hydrogens (tertiary/aromatic N) is 2. The predicted octanol–water partition coefficient (Wildman–Crippen LogP) is 5.30. The Balaban J connectivity index is -0.000000593. The summed E-state index contributed by atoms with van der Waals surface area (Å²) in [5.74, 6) is -1.70. The monoisotopic (exact) mass is 559 g/mol. The van der Waals surface area contributed by atoms with Crippen LogP contribution in [0.15, 0.2) is 12.2 Å². The van der Waals surface area contributed by atoms with Gasteiger partial charge in [-0.1, -0.05) is 77.4 Å². The van der Waals surface area contributed by atoms with E-state index in [1.54, 1.807) is 44.9 Å². The van der Waals surface area contributed by atoms with Crippen LogP contribution in [0.2, 0.25) is 0 Å². The SMILES string of the molecule is CC(C(=O)O)N(C)C.CCCC(C(=O)O)N(C)C.CCCCCCC(O)C/C=C\CCCCCCCC(N)=O. The van der Waals surface area contributed by atoms with Gasteiger partial charge in [0.2, 0.25) is 5.91 Å². The smallest absolute Gasteiger partial charge is 0.320 e. The van der Waals surface area contributed by atoms with Crippen LogP contribution >= 0.6 is 0 Å². The molecule has 0 aliphatic rings. The summed E-state index contributed by atoms with van der Waals surface area (Å²) < 4.78 is 0. The number of unbranched alkanes of at least 4 members (excludes halogenated alkanes) is 8. The maximum absolute atomic E-state index is 10.6. The first-order valence-electron chi connectivity index (χ1n) is 14.7. The van der Waals surface area contributed by atoms with Gasteiger partial charge in [-0.3, -0.25) is 24.2 Å². The average molecular weight is 560 g/mol. The lowest BCUT2D eigenvalue weighted by atomic mass is 10.1. The van der Waals surface area contributed by atoms with Gasteiger partial charge in [0.15, 0.2) is 0 Å². The number of aliphatic hydroxyl groups excluding tert-OH is 1. The fourth-order valence-electron chi connectivity index (χ4n) is 3.48. The van der Waals surface area contributed by atoms with Gasteiger partial charge in [0, 0.05) is 6.42 Å². The Labute approximate surface area is 238 Å². The van der Waals surface area contributed by atoms with Crippen LogP contribution in [-0.2, 0) is 14.4 Å². The molecule has 0 aromatic rings. The molecule has 9 heteroatoms. The van der Waals surface area contributed by atoms with Gasteiger partial charge < -0.3 is 21.1 Å². The molecule has 0 rings (SSSR count). The number of hydrogen-bond acceptors (Lipinski definition) is 6. The molecule has 0 saturated heterocycles. The Morgan fingerprint density at radius 3 is 1.72 bits per heavy atom. The number of hydrogen-bond donors (Lipinski definition) is 4. The van der Waals surface area contributed by atoms with E-state index in [9.17, 15) is 19.5 Å². The maximum Gasteiger partial charge on any atom is 0.320 e. The Morgan fingerprint density at radius 1 is 0.744 bits per heavy atom. The zero-order chi connectivity index (χ0) is 30.6. The minimum Gasteiger partial charge on any atom is -0.480 e. The van der Waals surface area contributed by atoms with Gasteiger partial charge in [-0.15, -0.1) is 0 Å². The van der Waals surface area contributed by atoms with Gasteiger partial charge in [0.25, 0.3) is 0 Å². The number of primary amides is 1. The summed E-state index contributed by atoms with van der Waals surface area (Å²) >= 11 is 0. The lowest BCUT2D eigenvalue weighted by molar-refractivity contribution is -0.143. The van der Waals surface area contributed by atoms with Crippen LogP contribution in [0.4, 0.5) is 0 Å². The predicted molar refractivity (Wildman–Crippen MR) is 161 cm³/mol. The van der Waals surface area contributed by atoms with Crippen molar-refractivity contribution in [2.24, 2.45) is 5.73 Å². The van der Waals surface area contributed by atoms with Gasteiger partial charge in [-0.25, -0.2) is 0 Å². The number of carboxylic acids is 2. The van der Waals surface area contributed by atoms with E-state index in [1.165, 1.54) is 38.5 Å². The number of rotatable bonds is 21. The van der Waals surface area contributed by atoms with Crippen molar-refractivity contribution in [1.82, 2.24) is 9.80 Å². The number of carboxylic acid groups (broad SMARTS) is 2. The third-order valence-corrected chi connectivity index (χ3v) is 6.36. The summed E-state index contributed by atoms with van der Waals surface area (Å²) in [7, 11) is 7.04. The Hall–Kier alpha value is -1.97. The molecule has 0 fully saturated rings. The molecule has 9 nitrogen and oxygen atoms in total. The van der Waals surface area contributed by atoms with Crippen LogP contribution in [-0.4, -0.2) is 89.3 Å². The number of aliphatic carboxylic acids is 2. The molecule has 39 heavy (non-hydrogen) atoms. The van der Waals surface area contributed by atoms with Crippen molar-refractivity contribution in [3.8, 4) is 0 Å². The van der Waals surface area contributed by atoms with Crippen molar-refractivity contribution in [2.75, 3.05) is 28.2 Å². The van der Waals surface area contributed by atoms with Gasteiger partial charge in [0.05, 0.1) is 6.10 Å². The van der Waals surface area contributed by atoms with Crippen molar-refractivity contribution in [3.63, 3.8) is 0 Å². The van der Waals surface area contributed by atoms with E-state index in [4.69, 9.17) is 15.9 Å². The molecule has 1 amide bonds. The first kappa shape index (κ1) is 41.5. The first-order valence-corrected chi connectivity index (χ1v) is 14.7. The summed E-state index contributed by atoms with van der Waals surface area (Å²) in [5, 5.41) is 26.7. The highest BCUT2D eigenvalue weighted by atomic mass is 16.4. The molecule has 5 N–H and O–H groups in total. The van der Waals surface area contributed by atoms with Gasteiger partial charge in [-0.2, -0.15) is 0 Å². The fraction of sp³-hybridized carbons (Fsp3) is 0.833. The standard InChI is InChI=1S/C18H35NO2.C7H15NO2.C5H11NO2/c1-2-3-4-11-14-17(20)15-12-9-7-5-6-8-10-13-16-18(19)21;1-4-5-6(7(9)10)8(2)3;1-4(5(7)8)6(2)3/h9,12,17,20H,2-8,10-11,13-16H2,1H3,(H2,19,21);6H,4-5H2,1-3H3,(H,9,10);4H,1-3H3,(H,7,8)/b12-9-;;. The quantitative estimate of drug-likeness (QED) is 0.109. The Bertz CT molecular complexity index is 626. The van der Waals surface area contributed by atoms with Crippen LogP contribution in [0.3, 0.4) is 0 Å². The fourth-order valence-corrected chi connectivity index (χ4v) is 3.48. The summed E-state index contributed by atoms with van der Waals surface area (Å²) in [6.45, 7) is 5.83. The van der Waals surface area contributed by atoms with E-state index in [2.05, 4.69) is 19.1 Å². The second kappa shape index (κ2) is 29.0. The minimum atomic E-state index is -0.782. The molecule has 0 aliphatic carbocycles. The molecule has 0 heterocycles. The van der Waals surface area contributed by atoms with Crippen LogP contribution in [0.25, 0.3) is 0 Å². The molecule has 0 saturated carbocycles. The van der Waals surface area contributed by atoms with Crippen molar-refractivity contribution in [1.29, 1.82) is 0 Å².